The predicted octanol–water partition coefficient (Wildman–Crippen LogP) is 2.85. The van der Waals surface area contributed by atoms with Gasteiger partial charge in [0.15, 0.2) is 5.82 Å². The fourth-order valence-corrected chi connectivity index (χ4v) is 1.51. The summed E-state index contributed by atoms with van der Waals surface area (Å²) in [5, 5.41) is 3.96. The van der Waals surface area contributed by atoms with Gasteiger partial charge in [-0.05, 0) is 11.8 Å². The summed E-state index contributed by atoms with van der Waals surface area (Å²) < 4.78 is 5.18. The molecule has 1 heterocycles. The van der Waals surface area contributed by atoms with Crippen molar-refractivity contribution < 1.29 is 4.52 Å². The summed E-state index contributed by atoms with van der Waals surface area (Å²) in [7, 11) is 0. The molecule has 0 bridgehead atoms. The fourth-order valence-electron chi connectivity index (χ4n) is 1.51. The van der Waals surface area contributed by atoms with E-state index in [0.29, 0.717) is 5.89 Å². The molecule has 0 aliphatic rings. The van der Waals surface area contributed by atoms with Crippen molar-refractivity contribution in [2.24, 2.45) is 11.1 Å². The molecule has 92 valence electrons. The van der Waals surface area contributed by atoms with Crippen LogP contribution in [0.5, 0.6) is 0 Å². The lowest BCUT2D eigenvalue weighted by atomic mass is 9.92. The van der Waals surface area contributed by atoms with Crippen LogP contribution in [0.15, 0.2) is 4.52 Å². The van der Waals surface area contributed by atoms with E-state index >= 15 is 0 Å². The summed E-state index contributed by atoms with van der Waals surface area (Å²) in [6.07, 6.45) is 3.96. The molecule has 1 unspecified atom stereocenters. The maximum Gasteiger partial charge on any atom is 0.243 e. The minimum Gasteiger partial charge on any atom is -0.338 e. The van der Waals surface area contributed by atoms with Crippen LogP contribution in [0.2, 0.25) is 0 Å². The Kier molecular flexibility index (Phi) is 4.47. The van der Waals surface area contributed by atoms with Crippen LogP contribution in [0.4, 0.5) is 0 Å². The molecule has 0 aliphatic heterocycles. The van der Waals surface area contributed by atoms with Crippen molar-refractivity contribution in [3.63, 3.8) is 0 Å². The van der Waals surface area contributed by atoms with Crippen LogP contribution in [0, 0.1) is 5.41 Å². The Morgan fingerprint density at radius 2 is 2.06 bits per heavy atom. The van der Waals surface area contributed by atoms with Crippen LogP contribution in [0.1, 0.15) is 64.7 Å². The largest absolute Gasteiger partial charge is 0.338 e. The van der Waals surface area contributed by atoms with Gasteiger partial charge in [0, 0.05) is 6.42 Å². The molecule has 1 aromatic rings. The van der Waals surface area contributed by atoms with Gasteiger partial charge in [-0.1, -0.05) is 45.7 Å². The lowest BCUT2D eigenvalue weighted by Crippen LogP contribution is -2.12. The van der Waals surface area contributed by atoms with E-state index in [0.717, 1.165) is 31.5 Å². The monoisotopic (exact) mass is 225 g/mol. The topological polar surface area (TPSA) is 64.9 Å². The molecule has 0 radical (unpaired) electrons. The highest BCUT2D eigenvalue weighted by atomic mass is 16.5. The normalized spacial score (nSPS) is 14.1. The number of nitrogens with zero attached hydrogens (tertiary/aromatic N) is 2. The zero-order chi connectivity index (χ0) is 12.2. The Bertz CT molecular complexity index is 314. The Labute approximate surface area is 97.6 Å². The predicted molar refractivity (Wildman–Crippen MR) is 63.9 cm³/mol. The van der Waals surface area contributed by atoms with Gasteiger partial charge in [-0.25, -0.2) is 0 Å². The van der Waals surface area contributed by atoms with Crippen molar-refractivity contribution in [1.82, 2.24) is 10.1 Å². The first-order valence-electron chi connectivity index (χ1n) is 6.00. The van der Waals surface area contributed by atoms with Gasteiger partial charge in [0.1, 0.15) is 0 Å². The molecule has 0 saturated carbocycles. The van der Waals surface area contributed by atoms with Crippen LogP contribution >= 0.6 is 0 Å². The highest BCUT2D eigenvalue weighted by molar-refractivity contribution is 4.93. The van der Waals surface area contributed by atoms with Crippen molar-refractivity contribution >= 4 is 0 Å². The Balaban J connectivity index is 2.57. The number of unbranched alkanes of at least 4 members (excludes halogenated alkanes) is 1. The standard InChI is InChI=1S/C12H23N3O/c1-5-6-7-9(13)11-14-10(15-16-11)8-12(2,3)4/h9H,5-8,13H2,1-4H3. The average Bonchev–Trinajstić information content (AvgIpc) is 2.59. The van der Waals surface area contributed by atoms with Gasteiger partial charge in [0.25, 0.3) is 0 Å². The zero-order valence-electron chi connectivity index (χ0n) is 10.8. The summed E-state index contributed by atoms with van der Waals surface area (Å²) in [5.74, 6) is 1.34. The first-order chi connectivity index (χ1) is 7.42. The molecule has 0 fully saturated rings. The average molecular weight is 225 g/mol. The van der Waals surface area contributed by atoms with Gasteiger partial charge in [-0.3, -0.25) is 0 Å². The molecule has 2 N–H and O–H groups in total. The maximum atomic E-state index is 5.96. The maximum absolute atomic E-state index is 5.96. The summed E-state index contributed by atoms with van der Waals surface area (Å²) in [4.78, 5) is 4.35. The molecule has 1 aromatic heterocycles. The second-order valence-electron chi connectivity index (χ2n) is 5.54. The number of nitrogens with two attached hydrogens (primary N) is 1. The van der Waals surface area contributed by atoms with E-state index in [1.807, 2.05) is 0 Å². The molecule has 0 aromatic carbocycles. The third-order valence-electron chi connectivity index (χ3n) is 2.36. The van der Waals surface area contributed by atoms with Crippen LogP contribution in [-0.2, 0) is 6.42 Å². The van der Waals surface area contributed by atoms with Gasteiger partial charge in [0.2, 0.25) is 5.89 Å². The molecular formula is C12H23N3O. The molecule has 4 heteroatoms. The highest BCUT2D eigenvalue weighted by Gasteiger charge is 2.18. The van der Waals surface area contributed by atoms with Gasteiger partial charge in [-0.15, -0.1) is 0 Å². The van der Waals surface area contributed by atoms with Gasteiger partial charge < -0.3 is 10.3 Å². The van der Waals surface area contributed by atoms with E-state index in [1.165, 1.54) is 0 Å². The molecule has 4 nitrogen and oxygen atoms in total. The van der Waals surface area contributed by atoms with E-state index in [9.17, 15) is 0 Å². The van der Waals surface area contributed by atoms with E-state index in [1.54, 1.807) is 0 Å². The second kappa shape index (κ2) is 5.43. The first kappa shape index (κ1) is 13.2. The number of rotatable bonds is 5. The zero-order valence-corrected chi connectivity index (χ0v) is 10.8. The molecular weight excluding hydrogens is 202 g/mol. The number of hydrogen-bond acceptors (Lipinski definition) is 4. The third-order valence-corrected chi connectivity index (χ3v) is 2.36. The lowest BCUT2D eigenvalue weighted by Gasteiger charge is -2.14. The van der Waals surface area contributed by atoms with E-state index in [2.05, 4.69) is 37.8 Å². The quantitative estimate of drug-likeness (QED) is 0.836. The van der Waals surface area contributed by atoms with Crippen LogP contribution < -0.4 is 5.73 Å². The van der Waals surface area contributed by atoms with Gasteiger partial charge in [-0.2, -0.15) is 4.98 Å². The third kappa shape index (κ3) is 4.31. The molecule has 1 atom stereocenters. The highest BCUT2D eigenvalue weighted by Crippen LogP contribution is 2.20. The lowest BCUT2D eigenvalue weighted by molar-refractivity contribution is 0.334. The first-order valence-corrected chi connectivity index (χ1v) is 6.00. The minimum absolute atomic E-state index is 0.110. The Morgan fingerprint density at radius 1 is 1.38 bits per heavy atom. The Hall–Kier alpha value is -0.900. The number of hydrogen-bond donors (Lipinski definition) is 1. The Morgan fingerprint density at radius 3 is 2.62 bits per heavy atom. The molecule has 0 spiro atoms. The summed E-state index contributed by atoms with van der Waals surface area (Å²) in [6, 6.07) is -0.110. The fraction of sp³-hybridized carbons (Fsp3) is 0.833. The molecule has 0 saturated heterocycles. The molecule has 0 amide bonds. The van der Waals surface area contributed by atoms with E-state index in [4.69, 9.17) is 10.3 Å². The molecule has 16 heavy (non-hydrogen) atoms. The smallest absolute Gasteiger partial charge is 0.243 e. The van der Waals surface area contributed by atoms with Gasteiger partial charge >= 0.3 is 0 Å². The molecule has 0 aliphatic carbocycles. The van der Waals surface area contributed by atoms with Crippen LogP contribution in [-0.4, -0.2) is 10.1 Å². The SMILES string of the molecule is CCCCC(N)c1nc(CC(C)(C)C)no1. The molecule has 1 rings (SSSR count). The van der Waals surface area contributed by atoms with E-state index in [-0.39, 0.29) is 11.5 Å². The summed E-state index contributed by atoms with van der Waals surface area (Å²) in [5.41, 5.74) is 6.14. The second-order valence-corrected chi connectivity index (χ2v) is 5.54. The number of aromatic nitrogens is 2. The van der Waals surface area contributed by atoms with Crippen LogP contribution in [0.3, 0.4) is 0 Å². The van der Waals surface area contributed by atoms with Crippen molar-refractivity contribution in [3.8, 4) is 0 Å². The van der Waals surface area contributed by atoms with Crippen molar-refractivity contribution in [2.75, 3.05) is 0 Å². The minimum atomic E-state index is -0.110. The van der Waals surface area contributed by atoms with E-state index < -0.39 is 0 Å². The summed E-state index contributed by atoms with van der Waals surface area (Å²) in [6.45, 7) is 8.60. The van der Waals surface area contributed by atoms with Crippen LogP contribution in [0.25, 0.3) is 0 Å². The van der Waals surface area contributed by atoms with Crippen molar-refractivity contribution in [1.29, 1.82) is 0 Å². The summed E-state index contributed by atoms with van der Waals surface area (Å²) >= 11 is 0. The van der Waals surface area contributed by atoms with Gasteiger partial charge in [0.05, 0.1) is 6.04 Å². The van der Waals surface area contributed by atoms with Crippen molar-refractivity contribution in [3.05, 3.63) is 11.7 Å². The van der Waals surface area contributed by atoms with Crippen molar-refractivity contribution in [2.45, 2.75) is 59.4 Å².